The van der Waals surface area contributed by atoms with Crippen molar-refractivity contribution in [3.8, 4) is 5.75 Å². The van der Waals surface area contributed by atoms with Crippen LogP contribution >= 0.6 is 0 Å². The fourth-order valence-electron chi connectivity index (χ4n) is 1.93. The van der Waals surface area contributed by atoms with Crippen molar-refractivity contribution >= 4 is 0 Å². The molecule has 0 bridgehead atoms. The number of rotatable bonds is 3. The lowest BCUT2D eigenvalue weighted by Gasteiger charge is -2.09. The molecule has 100 valence electrons. The molecule has 0 aliphatic rings. The largest absolute Gasteiger partial charge is 0.508 e. The summed E-state index contributed by atoms with van der Waals surface area (Å²) >= 11 is 0. The van der Waals surface area contributed by atoms with Gasteiger partial charge in [-0.05, 0) is 41.8 Å². The van der Waals surface area contributed by atoms with Gasteiger partial charge in [0.15, 0.2) is 0 Å². The van der Waals surface area contributed by atoms with Gasteiger partial charge < -0.3 is 10.2 Å². The molecule has 0 saturated carbocycles. The molecular formula is C15H14F2O2. The fraction of sp³-hybridized carbons (Fsp3) is 0.200. The molecule has 0 spiro atoms. The van der Waals surface area contributed by atoms with E-state index in [1.165, 1.54) is 12.1 Å². The number of aryl methyl sites for hydroxylation is 1. The molecule has 2 aromatic carbocycles. The summed E-state index contributed by atoms with van der Waals surface area (Å²) in [6, 6.07) is 7.09. The van der Waals surface area contributed by atoms with Gasteiger partial charge in [0.1, 0.15) is 17.4 Å². The Kier molecular flexibility index (Phi) is 3.81. The van der Waals surface area contributed by atoms with E-state index in [4.69, 9.17) is 5.11 Å². The van der Waals surface area contributed by atoms with Crippen molar-refractivity contribution in [1.29, 1.82) is 0 Å². The number of hydrogen-bond donors (Lipinski definition) is 2. The van der Waals surface area contributed by atoms with Gasteiger partial charge in [0, 0.05) is 12.0 Å². The highest BCUT2D eigenvalue weighted by Crippen LogP contribution is 2.26. The predicted octanol–water partition coefficient (Wildman–Crippen LogP) is 3.06. The lowest BCUT2D eigenvalue weighted by molar-refractivity contribution is 0.280. The number of hydrogen-bond acceptors (Lipinski definition) is 2. The number of aliphatic hydroxyl groups excluding tert-OH is 1. The van der Waals surface area contributed by atoms with Crippen molar-refractivity contribution in [2.45, 2.75) is 20.0 Å². The first-order chi connectivity index (χ1) is 9.01. The Hall–Kier alpha value is -1.94. The Morgan fingerprint density at radius 2 is 1.79 bits per heavy atom. The first-order valence-electron chi connectivity index (χ1n) is 5.87. The fourth-order valence-corrected chi connectivity index (χ4v) is 1.93. The molecule has 4 heteroatoms. The van der Waals surface area contributed by atoms with Gasteiger partial charge in [0.25, 0.3) is 0 Å². The minimum Gasteiger partial charge on any atom is -0.508 e. The Bertz CT molecular complexity index is 586. The van der Waals surface area contributed by atoms with E-state index in [9.17, 15) is 13.9 Å². The van der Waals surface area contributed by atoms with Gasteiger partial charge in [0.2, 0.25) is 0 Å². The zero-order valence-corrected chi connectivity index (χ0v) is 10.5. The lowest BCUT2D eigenvalue weighted by Crippen LogP contribution is -1.98. The van der Waals surface area contributed by atoms with Crippen LogP contribution in [-0.4, -0.2) is 10.2 Å². The van der Waals surface area contributed by atoms with Crippen molar-refractivity contribution in [1.82, 2.24) is 0 Å². The van der Waals surface area contributed by atoms with Crippen LogP contribution in [0.25, 0.3) is 0 Å². The summed E-state index contributed by atoms with van der Waals surface area (Å²) in [6.07, 6.45) is -0.0323. The van der Waals surface area contributed by atoms with E-state index in [1.54, 1.807) is 19.1 Å². The number of aliphatic hydroxyl groups is 1. The molecule has 0 aliphatic heterocycles. The first-order valence-corrected chi connectivity index (χ1v) is 5.87. The molecule has 2 N–H and O–H groups in total. The van der Waals surface area contributed by atoms with Crippen molar-refractivity contribution in [3.05, 3.63) is 64.2 Å². The van der Waals surface area contributed by atoms with E-state index in [2.05, 4.69) is 0 Å². The van der Waals surface area contributed by atoms with Crippen LogP contribution in [0.4, 0.5) is 8.78 Å². The molecule has 19 heavy (non-hydrogen) atoms. The summed E-state index contributed by atoms with van der Waals surface area (Å²) < 4.78 is 27.5. The topological polar surface area (TPSA) is 40.5 Å². The molecule has 0 radical (unpaired) electrons. The normalized spacial score (nSPS) is 10.7. The Labute approximate surface area is 110 Å². The van der Waals surface area contributed by atoms with Gasteiger partial charge in [-0.1, -0.05) is 12.1 Å². The summed E-state index contributed by atoms with van der Waals surface area (Å²) in [6.45, 7) is 1.41. The molecule has 0 aliphatic carbocycles. The maximum Gasteiger partial charge on any atom is 0.130 e. The average molecular weight is 264 g/mol. The smallest absolute Gasteiger partial charge is 0.130 e. The van der Waals surface area contributed by atoms with Crippen LogP contribution < -0.4 is 0 Å². The van der Waals surface area contributed by atoms with E-state index < -0.39 is 11.6 Å². The van der Waals surface area contributed by atoms with Crippen LogP contribution in [-0.2, 0) is 13.0 Å². The minimum atomic E-state index is -0.649. The standard InChI is InChI=1S/C15H14F2O2/c1-9-2-3-11(13(16)4-9)7-12-14(17)5-10(8-18)6-15(12)19/h2-6,18-19H,7-8H2,1H3. The van der Waals surface area contributed by atoms with Gasteiger partial charge in [0.05, 0.1) is 6.61 Å². The highest BCUT2D eigenvalue weighted by atomic mass is 19.1. The van der Waals surface area contributed by atoms with E-state index >= 15 is 0 Å². The minimum absolute atomic E-state index is 0.0277. The summed E-state index contributed by atoms with van der Waals surface area (Å²) in [4.78, 5) is 0. The van der Waals surface area contributed by atoms with Crippen molar-refractivity contribution in [3.63, 3.8) is 0 Å². The van der Waals surface area contributed by atoms with Gasteiger partial charge in [-0.2, -0.15) is 0 Å². The summed E-state index contributed by atoms with van der Waals surface area (Å²) in [5.41, 5.74) is 1.40. The van der Waals surface area contributed by atoms with Gasteiger partial charge in [-0.25, -0.2) is 8.78 Å². The van der Waals surface area contributed by atoms with Crippen LogP contribution in [0.1, 0.15) is 22.3 Å². The second-order valence-corrected chi connectivity index (χ2v) is 4.51. The molecule has 0 aromatic heterocycles. The number of halogens is 2. The van der Waals surface area contributed by atoms with E-state index in [-0.39, 0.29) is 29.9 Å². The van der Waals surface area contributed by atoms with Gasteiger partial charge in [-0.15, -0.1) is 0 Å². The quantitative estimate of drug-likeness (QED) is 0.894. The number of aromatic hydroxyl groups is 1. The van der Waals surface area contributed by atoms with Crippen LogP contribution in [0.2, 0.25) is 0 Å². The van der Waals surface area contributed by atoms with Crippen molar-refractivity contribution < 1.29 is 19.0 Å². The number of benzene rings is 2. The summed E-state index contributed by atoms with van der Waals surface area (Å²) in [5.74, 6) is -1.35. The number of phenolic OH excluding ortho intramolecular Hbond substituents is 1. The Balaban J connectivity index is 2.38. The van der Waals surface area contributed by atoms with E-state index in [0.29, 0.717) is 5.56 Å². The van der Waals surface area contributed by atoms with Crippen molar-refractivity contribution in [2.75, 3.05) is 0 Å². The summed E-state index contributed by atoms with van der Waals surface area (Å²) in [5, 5.41) is 18.6. The maximum absolute atomic E-state index is 13.8. The third-order valence-corrected chi connectivity index (χ3v) is 2.99. The van der Waals surface area contributed by atoms with E-state index in [1.807, 2.05) is 0 Å². The third-order valence-electron chi connectivity index (χ3n) is 2.99. The van der Waals surface area contributed by atoms with Gasteiger partial charge >= 0.3 is 0 Å². The van der Waals surface area contributed by atoms with Crippen LogP contribution in [0.5, 0.6) is 5.75 Å². The van der Waals surface area contributed by atoms with Gasteiger partial charge in [-0.3, -0.25) is 0 Å². The Morgan fingerprint density at radius 1 is 1.05 bits per heavy atom. The molecule has 0 atom stereocenters. The van der Waals surface area contributed by atoms with Crippen molar-refractivity contribution in [2.24, 2.45) is 0 Å². The molecule has 0 saturated heterocycles. The maximum atomic E-state index is 13.8. The lowest BCUT2D eigenvalue weighted by atomic mass is 10.0. The van der Waals surface area contributed by atoms with E-state index in [0.717, 1.165) is 11.6 Å². The molecule has 0 amide bonds. The zero-order chi connectivity index (χ0) is 14.0. The third kappa shape index (κ3) is 2.90. The monoisotopic (exact) mass is 264 g/mol. The predicted molar refractivity (Wildman–Crippen MR) is 67.9 cm³/mol. The molecule has 2 aromatic rings. The Morgan fingerprint density at radius 3 is 2.37 bits per heavy atom. The second kappa shape index (κ2) is 5.36. The number of phenols is 1. The molecule has 0 fully saturated rings. The van der Waals surface area contributed by atoms with Crippen LogP contribution in [0.3, 0.4) is 0 Å². The zero-order valence-electron chi connectivity index (χ0n) is 10.5. The molecule has 2 nitrogen and oxygen atoms in total. The highest BCUT2D eigenvalue weighted by molar-refractivity contribution is 5.41. The second-order valence-electron chi connectivity index (χ2n) is 4.51. The SMILES string of the molecule is Cc1ccc(Cc2c(O)cc(CO)cc2F)c(F)c1. The summed E-state index contributed by atoms with van der Waals surface area (Å²) in [7, 11) is 0. The first kappa shape index (κ1) is 13.5. The molecular weight excluding hydrogens is 250 g/mol. The molecule has 0 unspecified atom stereocenters. The van der Waals surface area contributed by atoms with Crippen LogP contribution in [0.15, 0.2) is 30.3 Å². The van der Waals surface area contributed by atoms with Crippen LogP contribution in [0, 0.1) is 18.6 Å². The average Bonchev–Trinajstić information content (AvgIpc) is 2.35. The highest BCUT2D eigenvalue weighted by Gasteiger charge is 2.13. The molecule has 2 rings (SSSR count). The molecule has 0 heterocycles.